The first-order valence-electron chi connectivity index (χ1n) is 11.3. The van der Waals surface area contributed by atoms with Crippen molar-refractivity contribution in [3.05, 3.63) is 65.5 Å². The molecular weight excluding hydrogens is 470 g/mol. The maximum atomic E-state index is 14.3. The number of aromatic nitrogens is 2. The van der Waals surface area contributed by atoms with E-state index in [4.69, 9.17) is 10.00 Å². The lowest BCUT2D eigenvalue weighted by Crippen LogP contribution is -2.42. The lowest BCUT2D eigenvalue weighted by atomic mass is 10.0. The Hall–Kier alpha value is -4.04. The second-order valence-electron chi connectivity index (χ2n) is 8.86. The Morgan fingerprint density at radius 3 is 2.75 bits per heavy atom. The van der Waals surface area contributed by atoms with Crippen LogP contribution in [0.4, 0.5) is 26.1 Å². The number of hydrogen-bond acceptors (Lipinski definition) is 8. The van der Waals surface area contributed by atoms with E-state index in [1.54, 1.807) is 0 Å². The monoisotopic (exact) mass is 498 g/mol. The molecule has 0 fully saturated rings. The smallest absolute Gasteiger partial charge is 0.255 e. The molecule has 1 amide bonds. The summed E-state index contributed by atoms with van der Waals surface area (Å²) in [5.41, 5.74) is -1.09. The molecule has 4 N–H and O–H groups in total. The molecular formula is C25H28F2N6O3. The Labute approximate surface area is 207 Å². The first-order chi connectivity index (χ1) is 17.1. The Morgan fingerprint density at radius 1 is 1.33 bits per heavy atom. The van der Waals surface area contributed by atoms with Crippen LogP contribution >= 0.6 is 0 Å². The molecule has 2 heterocycles. The number of hydrogen-bond donors (Lipinski definition) is 4. The molecule has 0 bridgehead atoms. The summed E-state index contributed by atoms with van der Waals surface area (Å²) in [5.74, 6) is -0.496. The summed E-state index contributed by atoms with van der Waals surface area (Å²) in [6.45, 7) is 4.38. The highest BCUT2D eigenvalue weighted by molar-refractivity contribution is 5.99. The van der Waals surface area contributed by atoms with Crippen LogP contribution in [-0.2, 0) is 4.74 Å². The molecule has 0 saturated carbocycles. The first kappa shape index (κ1) is 26.6. The van der Waals surface area contributed by atoms with Crippen molar-refractivity contribution in [2.75, 3.05) is 23.8 Å². The topological polar surface area (TPSA) is 132 Å². The van der Waals surface area contributed by atoms with Gasteiger partial charge in [0.15, 0.2) is 11.6 Å². The van der Waals surface area contributed by atoms with Gasteiger partial charge in [-0.3, -0.25) is 4.79 Å². The van der Waals surface area contributed by atoms with Crippen molar-refractivity contribution in [2.45, 2.75) is 45.0 Å². The third kappa shape index (κ3) is 7.23. The molecule has 0 aromatic carbocycles. The predicted octanol–water partition coefficient (Wildman–Crippen LogP) is 3.73. The minimum atomic E-state index is -1.68. The van der Waals surface area contributed by atoms with Crippen LogP contribution < -0.4 is 16.0 Å². The number of nitriles is 1. The number of ether oxygens (including phenoxy) is 1. The SMILES string of the molecule is C[C@@H](COC1=CC=CC1)Nc1cc(Nc2ncc(C#N)cc2F)ncc1C(=O)NC[C@@H](F)C(C)(C)O. The number of rotatable bonds is 11. The fourth-order valence-electron chi connectivity index (χ4n) is 3.14. The number of amides is 1. The second kappa shape index (κ2) is 11.6. The number of aliphatic hydroxyl groups is 1. The van der Waals surface area contributed by atoms with Crippen molar-refractivity contribution < 1.29 is 23.4 Å². The number of carbonyl (C=O) groups is 1. The molecule has 2 aromatic heterocycles. The number of nitrogens with zero attached hydrogens (tertiary/aromatic N) is 3. The maximum Gasteiger partial charge on any atom is 0.255 e. The van der Waals surface area contributed by atoms with Gasteiger partial charge in [0.2, 0.25) is 0 Å². The Balaban J connectivity index is 1.79. The summed E-state index contributed by atoms with van der Waals surface area (Å²) in [6, 6.07) is 4.09. The summed E-state index contributed by atoms with van der Waals surface area (Å²) < 4.78 is 34.2. The Kier molecular flexibility index (Phi) is 8.55. The van der Waals surface area contributed by atoms with Crippen LogP contribution in [0.1, 0.15) is 43.1 Å². The largest absolute Gasteiger partial charge is 0.495 e. The molecule has 1 aliphatic rings. The third-order valence-electron chi connectivity index (χ3n) is 5.23. The molecule has 2 atom stereocenters. The van der Waals surface area contributed by atoms with Gasteiger partial charge < -0.3 is 25.8 Å². The number of carbonyl (C=O) groups excluding carboxylic acids is 1. The fraction of sp³-hybridized carbons (Fsp3) is 0.360. The van der Waals surface area contributed by atoms with E-state index in [1.807, 2.05) is 31.2 Å². The van der Waals surface area contributed by atoms with E-state index in [1.165, 1.54) is 32.3 Å². The quantitative estimate of drug-likeness (QED) is 0.369. The van der Waals surface area contributed by atoms with Gasteiger partial charge in [-0.1, -0.05) is 12.2 Å². The van der Waals surface area contributed by atoms with Crippen molar-refractivity contribution in [3.8, 4) is 6.07 Å². The predicted molar refractivity (Wildman–Crippen MR) is 131 cm³/mol. The minimum absolute atomic E-state index is 0.0685. The molecule has 0 unspecified atom stereocenters. The normalized spacial score (nSPS) is 14.4. The van der Waals surface area contributed by atoms with Crippen LogP contribution in [0.25, 0.3) is 0 Å². The highest BCUT2D eigenvalue weighted by atomic mass is 19.1. The summed E-state index contributed by atoms with van der Waals surface area (Å²) in [5, 5.41) is 27.0. The van der Waals surface area contributed by atoms with Gasteiger partial charge in [-0.2, -0.15) is 5.26 Å². The van der Waals surface area contributed by atoms with Gasteiger partial charge in [-0.05, 0) is 32.9 Å². The van der Waals surface area contributed by atoms with Gasteiger partial charge in [-0.15, -0.1) is 0 Å². The van der Waals surface area contributed by atoms with Crippen molar-refractivity contribution in [1.82, 2.24) is 15.3 Å². The number of anilines is 3. The molecule has 1 aliphatic carbocycles. The molecule has 0 spiro atoms. The van der Waals surface area contributed by atoms with Gasteiger partial charge in [0.1, 0.15) is 24.7 Å². The molecule has 0 aliphatic heterocycles. The molecule has 3 rings (SSSR count). The standard InChI is InChI=1S/C25H28F2N6O3/c1-15(14-36-17-6-4-5-7-17)32-20-9-22(33-23-19(26)8-16(10-28)11-30-23)29-12-18(20)24(34)31-13-21(27)25(2,3)35/h4-6,8-9,11-12,15,21,35H,7,13-14H2,1-3H3,(H,31,34)(H2,29,30,32,33)/t15-,21+/m0/s1. The fourth-order valence-corrected chi connectivity index (χ4v) is 3.14. The minimum Gasteiger partial charge on any atom is -0.495 e. The first-order valence-corrected chi connectivity index (χ1v) is 11.3. The summed E-state index contributed by atoms with van der Waals surface area (Å²) >= 11 is 0. The van der Waals surface area contributed by atoms with Crippen molar-refractivity contribution in [3.63, 3.8) is 0 Å². The van der Waals surface area contributed by atoms with E-state index < -0.39 is 30.0 Å². The maximum absolute atomic E-state index is 14.3. The van der Waals surface area contributed by atoms with Gasteiger partial charge in [0.05, 0.1) is 40.8 Å². The molecule has 2 aromatic rings. The zero-order valence-electron chi connectivity index (χ0n) is 20.2. The van der Waals surface area contributed by atoms with Crippen molar-refractivity contribution in [2.24, 2.45) is 0 Å². The number of nitrogens with one attached hydrogen (secondary N) is 3. The zero-order valence-corrected chi connectivity index (χ0v) is 20.2. The summed E-state index contributed by atoms with van der Waals surface area (Å²) in [6.07, 6.45) is 7.24. The van der Waals surface area contributed by atoms with E-state index in [0.29, 0.717) is 18.7 Å². The Morgan fingerprint density at radius 2 is 2.11 bits per heavy atom. The van der Waals surface area contributed by atoms with Crippen LogP contribution in [-0.4, -0.2) is 51.9 Å². The lowest BCUT2D eigenvalue weighted by Gasteiger charge is -2.23. The zero-order chi connectivity index (χ0) is 26.3. The van der Waals surface area contributed by atoms with Crippen molar-refractivity contribution in [1.29, 1.82) is 5.26 Å². The van der Waals surface area contributed by atoms with E-state index in [2.05, 4.69) is 25.9 Å². The highest BCUT2D eigenvalue weighted by Crippen LogP contribution is 2.24. The Bertz CT molecular complexity index is 1200. The average molecular weight is 499 g/mol. The lowest BCUT2D eigenvalue weighted by molar-refractivity contribution is -0.00177. The van der Waals surface area contributed by atoms with E-state index in [0.717, 1.165) is 11.8 Å². The van der Waals surface area contributed by atoms with Crippen LogP contribution in [0.5, 0.6) is 0 Å². The number of alkyl halides is 1. The second-order valence-corrected chi connectivity index (χ2v) is 8.86. The summed E-state index contributed by atoms with van der Waals surface area (Å²) in [4.78, 5) is 20.9. The van der Waals surface area contributed by atoms with Gasteiger partial charge in [0.25, 0.3) is 5.91 Å². The van der Waals surface area contributed by atoms with E-state index in [9.17, 15) is 18.7 Å². The van der Waals surface area contributed by atoms with Gasteiger partial charge in [-0.25, -0.2) is 18.7 Å². The average Bonchev–Trinajstić information content (AvgIpc) is 3.35. The van der Waals surface area contributed by atoms with E-state index >= 15 is 0 Å². The molecule has 0 radical (unpaired) electrons. The van der Waals surface area contributed by atoms with Crippen LogP contribution in [0.3, 0.4) is 0 Å². The van der Waals surface area contributed by atoms with Crippen molar-refractivity contribution >= 4 is 23.2 Å². The number of halogens is 2. The third-order valence-corrected chi connectivity index (χ3v) is 5.23. The molecule has 36 heavy (non-hydrogen) atoms. The summed E-state index contributed by atoms with van der Waals surface area (Å²) in [7, 11) is 0. The number of pyridine rings is 2. The van der Waals surface area contributed by atoms with Gasteiger partial charge in [0, 0.05) is 24.9 Å². The molecule has 11 heteroatoms. The molecule has 9 nitrogen and oxygen atoms in total. The van der Waals surface area contributed by atoms with Gasteiger partial charge >= 0.3 is 0 Å². The van der Waals surface area contributed by atoms with E-state index in [-0.39, 0.29) is 28.8 Å². The van der Waals surface area contributed by atoms with Crippen LogP contribution in [0.15, 0.2) is 48.5 Å². The van der Waals surface area contributed by atoms with Crippen LogP contribution in [0, 0.1) is 17.1 Å². The molecule has 0 saturated heterocycles. The highest BCUT2D eigenvalue weighted by Gasteiger charge is 2.27. The van der Waals surface area contributed by atoms with Crippen LogP contribution in [0.2, 0.25) is 0 Å². The number of allylic oxidation sites excluding steroid dienone is 3. The molecule has 190 valence electrons.